The molecule has 4 rings (SSSR count). The number of benzene rings is 1. The molecule has 1 saturated carbocycles. The number of likely N-dealkylation sites (N-methyl/N-ethyl adjacent to an activating group) is 1. The molecule has 0 saturated heterocycles. The van der Waals surface area contributed by atoms with E-state index in [2.05, 4.69) is 18.9 Å². The fraction of sp³-hybridized carbons (Fsp3) is 0.632. The third-order valence-electron chi connectivity index (χ3n) is 6.59. The number of nitrogens with zero attached hydrogens (tertiary/aromatic N) is 1. The van der Waals surface area contributed by atoms with Gasteiger partial charge in [0.05, 0.1) is 11.0 Å². The van der Waals surface area contributed by atoms with Gasteiger partial charge in [0, 0.05) is 18.0 Å². The number of Topliss-reactive ketones (excluding diaryl/α,β-unsaturated/α-hetero) is 1. The predicted molar refractivity (Wildman–Crippen MR) is 89.5 cm³/mol. The highest BCUT2D eigenvalue weighted by Gasteiger charge is 2.65. The number of ketones is 1. The molecule has 1 fully saturated rings. The van der Waals surface area contributed by atoms with E-state index in [1.165, 1.54) is 0 Å². The Bertz CT molecular complexity index is 714. The number of hydrogen-bond donors (Lipinski definition) is 2. The van der Waals surface area contributed by atoms with Crippen LogP contribution in [0.2, 0.25) is 0 Å². The van der Waals surface area contributed by atoms with E-state index in [1.807, 2.05) is 13.0 Å². The summed E-state index contributed by atoms with van der Waals surface area (Å²) in [5, 5.41) is 21.7. The van der Waals surface area contributed by atoms with Crippen molar-refractivity contribution in [2.24, 2.45) is 0 Å². The van der Waals surface area contributed by atoms with Gasteiger partial charge in [-0.1, -0.05) is 6.07 Å². The molecular formula is C19H25NO4. The Hall–Kier alpha value is -1.59. The van der Waals surface area contributed by atoms with E-state index < -0.39 is 17.1 Å². The molecule has 2 N–H and O–H groups in total. The number of phenolic OH excluding ortho intramolecular Hbond substituents is 1. The van der Waals surface area contributed by atoms with E-state index >= 15 is 0 Å². The van der Waals surface area contributed by atoms with Crippen LogP contribution >= 0.6 is 0 Å². The van der Waals surface area contributed by atoms with Gasteiger partial charge in [-0.05, 0) is 58.3 Å². The van der Waals surface area contributed by atoms with Crippen molar-refractivity contribution in [3.63, 3.8) is 0 Å². The molecule has 1 aliphatic carbocycles. The van der Waals surface area contributed by atoms with E-state index in [4.69, 9.17) is 4.74 Å². The Morgan fingerprint density at radius 2 is 2.08 bits per heavy atom. The zero-order valence-corrected chi connectivity index (χ0v) is 14.5. The molecule has 0 bridgehead atoms. The third kappa shape index (κ3) is 1.85. The van der Waals surface area contributed by atoms with Crippen molar-refractivity contribution in [2.75, 3.05) is 13.6 Å². The van der Waals surface area contributed by atoms with E-state index in [0.29, 0.717) is 31.1 Å². The number of aliphatic hydroxyl groups is 1. The number of ether oxygens (including phenoxy) is 1. The second-order valence-corrected chi connectivity index (χ2v) is 7.94. The lowest BCUT2D eigenvalue weighted by Crippen LogP contribution is -2.63. The van der Waals surface area contributed by atoms with Crippen LogP contribution in [0.15, 0.2) is 12.1 Å². The minimum atomic E-state index is -1.04. The monoisotopic (exact) mass is 331 g/mol. The number of phenols is 1. The largest absolute Gasteiger partial charge is 0.504 e. The van der Waals surface area contributed by atoms with Crippen molar-refractivity contribution >= 4 is 5.78 Å². The summed E-state index contributed by atoms with van der Waals surface area (Å²) in [5.74, 6) is 0.497. The number of carbonyl (C=O) groups is 1. The first-order valence-corrected chi connectivity index (χ1v) is 8.75. The maximum Gasteiger partial charge on any atom is 0.174 e. The van der Waals surface area contributed by atoms with E-state index in [0.717, 1.165) is 24.1 Å². The van der Waals surface area contributed by atoms with Gasteiger partial charge in [-0.15, -0.1) is 0 Å². The fourth-order valence-corrected chi connectivity index (χ4v) is 4.93. The third-order valence-corrected chi connectivity index (χ3v) is 6.59. The number of aromatic hydroxyl groups is 1. The molecule has 0 radical (unpaired) electrons. The van der Waals surface area contributed by atoms with Gasteiger partial charge in [0.1, 0.15) is 0 Å². The smallest absolute Gasteiger partial charge is 0.174 e. The molecule has 1 spiro atoms. The van der Waals surface area contributed by atoms with Crippen LogP contribution in [0.1, 0.15) is 44.2 Å². The van der Waals surface area contributed by atoms with Crippen molar-refractivity contribution in [1.29, 1.82) is 0 Å². The van der Waals surface area contributed by atoms with Gasteiger partial charge in [0.25, 0.3) is 0 Å². The summed E-state index contributed by atoms with van der Waals surface area (Å²) < 4.78 is 6.01. The Kier molecular flexibility index (Phi) is 3.29. The maximum atomic E-state index is 12.7. The second-order valence-electron chi connectivity index (χ2n) is 7.94. The van der Waals surface area contributed by atoms with Crippen molar-refractivity contribution < 1.29 is 19.7 Å². The average molecular weight is 331 g/mol. The van der Waals surface area contributed by atoms with Gasteiger partial charge in [-0.2, -0.15) is 0 Å². The SMILES string of the molecule is CC1Cc2ccc(O)c3c2[C@@]2(CCN1C)[C@@H](O3)C(=O)CC[C@]2(C)O. The first-order valence-electron chi connectivity index (χ1n) is 8.75. The molecule has 2 aliphatic heterocycles. The summed E-state index contributed by atoms with van der Waals surface area (Å²) in [5.41, 5.74) is 0.116. The number of carbonyl (C=O) groups excluding carboxylic acids is 1. The van der Waals surface area contributed by atoms with E-state index in [9.17, 15) is 15.0 Å². The molecule has 130 valence electrons. The highest BCUT2D eigenvalue weighted by atomic mass is 16.5. The lowest BCUT2D eigenvalue weighted by atomic mass is 9.56. The fourth-order valence-electron chi connectivity index (χ4n) is 4.93. The standard InChI is InChI=1S/C19H25NO4/c1-11-10-12-4-5-13(21)16-15(12)19(8-9-20(11)3)17(24-16)14(22)6-7-18(19,2)23/h4-5,11,17,21,23H,6-10H2,1-3H3/t11?,17-,18-,19-/m0/s1. The van der Waals surface area contributed by atoms with Gasteiger partial charge in [0.2, 0.25) is 0 Å². The van der Waals surface area contributed by atoms with Crippen molar-refractivity contribution in [2.45, 2.75) is 62.7 Å². The average Bonchev–Trinajstić information content (AvgIpc) is 2.89. The lowest BCUT2D eigenvalue weighted by Gasteiger charge is -2.50. The van der Waals surface area contributed by atoms with Crippen LogP contribution in [-0.4, -0.2) is 52.2 Å². The molecule has 3 aliphatic rings. The Morgan fingerprint density at radius 1 is 1.33 bits per heavy atom. The quantitative estimate of drug-likeness (QED) is 0.758. The van der Waals surface area contributed by atoms with Crippen LogP contribution in [0.3, 0.4) is 0 Å². The first kappa shape index (κ1) is 15.9. The summed E-state index contributed by atoms with van der Waals surface area (Å²) in [4.78, 5) is 14.9. The van der Waals surface area contributed by atoms with Crippen LogP contribution in [-0.2, 0) is 16.6 Å². The molecule has 0 amide bonds. The van der Waals surface area contributed by atoms with Crippen LogP contribution in [0, 0.1) is 0 Å². The molecule has 4 atom stereocenters. The molecule has 5 heteroatoms. The number of hydrogen-bond acceptors (Lipinski definition) is 5. The molecule has 2 heterocycles. The molecule has 1 aromatic rings. The molecule has 24 heavy (non-hydrogen) atoms. The summed E-state index contributed by atoms with van der Waals surface area (Å²) in [6, 6.07) is 3.92. The second kappa shape index (κ2) is 4.96. The molecule has 1 aromatic carbocycles. The Labute approximate surface area is 142 Å². The Balaban J connectivity index is 2.01. The van der Waals surface area contributed by atoms with Crippen LogP contribution in [0.4, 0.5) is 0 Å². The van der Waals surface area contributed by atoms with Crippen LogP contribution in [0.25, 0.3) is 0 Å². The van der Waals surface area contributed by atoms with Gasteiger partial charge in [0.15, 0.2) is 23.4 Å². The minimum absolute atomic E-state index is 0.0272. The summed E-state index contributed by atoms with van der Waals surface area (Å²) in [6.45, 7) is 4.78. The lowest BCUT2D eigenvalue weighted by molar-refractivity contribution is -0.148. The van der Waals surface area contributed by atoms with Gasteiger partial charge >= 0.3 is 0 Å². The topological polar surface area (TPSA) is 70.0 Å². The zero-order chi connectivity index (χ0) is 17.3. The molecule has 1 unspecified atom stereocenters. The molecule has 5 nitrogen and oxygen atoms in total. The molecular weight excluding hydrogens is 306 g/mol. The van der Waals surface area contributed by atoms with Gasteiger partial charge in [-0.3, -0.25) is 4.79 Å². The van der Waals surface area contributed by atoms with Crippen molar-refractivity contribution in [1.82, 2.24) is 4.90 Å². The predicted octanol–water partition coefficient (Wildman–Crippen LogP) is 1.77. The minimum Gasteiger partial charge on any atom is -0.504 e. The van der Waals surface area contributed by atoms with Crippen molar-refractivity contribution in [3.8, 4) is 11.5 Å². The molecule has 0 aromatic heterocycles. The number of rotatable bonds is 0. The summed E-state index contributed by atoms with van der Waals surface area (Å²) in [7, 11) is 2.08. The zero-order valence-electron chi connectivity index (χ0n) is 14.5. The van der Waals surface area contributed by atoms with E-state index in [-0.39, 0.29) is 11.5 Å². The van der Waals surface area contributed by atoms with Gasteiger partial charge < -0.3 is 19.8 Å². The summed E-state index contributed by atoms with van der Waals surface area (Å²) in [6.07, 6.45) is 1.49. The van der Waals surface area contributed by atoms with Crippen LogP contribution < -0.4 is 4.74 Å². The normalized spacial score (nSPS) is 38.8. The summed E-state index contributed by atoms with van der Waals surface area (Å²) >= 11 is 0. The Morgan fingerprint density at radius 3 is 2.83 bits per heavy atom. The van der Waals surface area contributed by atoms with Gasteiger partial charge in [-0.25, -0.2) is 0 Å². The van der Waals surface area contributed by atoms with Crippen LogP contribution in [0.5, 0.6) is 11.5 Å². The van der Waals surface area contributed by atoms with E-state index in [1.54, 1.807) is 6.07 Å². The van der Waals surface area contributed by atoms with Crippen molar-refractivity contribution in [3.05, 3.63) is 23.3 Å². The highest BCUT2D eigenvalue weighted by Crippen LogP contribution is 2.59. The first-order chi connectivity index (χ1) is 11.3. The maximum absolute atomic E-state index is 12.7. The highest BCUT2D eigenvalue weighted by molar-refractivity contribution is 5.89.